The summed E-state index contributed by atoms with van der Waals surface area (Å²) in [6.45, 7) is 1.19. The van der Waals surface area contributed by atoms with Crippen molar-refractivity contribution in [3.63, 3.8) is 0 Å². The molecular weight excluding hydrogens is 312 g/mol. The second-order valence-corrected chi connectivity index (χ2v) is 7.70. The van der Waals surface area contributed by atoms with Gasteiger partial charge in [0.15, 0.2) is 9.84 Å². The molecule has 5 nitrogen and oxygen atoms in total. The highest BCUT2D eigenvalue weighted by atomic mass is 35.5. The minimum absolute atomic E-state index is 0.108. The van der Waals surface area contributed by atoms with Crippen molar-refractivity contribution in [2.24, 2.45) is 0 Å². The van der Waals surface area contributed by atoms with Gasteiger partial charge in [0.05, 0.1) is 4.90 Å². The molecule has 0 heterocycles. The van der Waals surface area contributed by atoms with E-state index in [4.69, 9.17) is 11.6 Å². The van der Waals surface area contributed by atoms with Crippen LogP contribution in [0.1, 0.15) is 12.8 Å². The highest BCUT2D eigenvalue weighted by Gasteiger charge is 2.25. The zero-order valence-corrected chi connectivity index (χ0v) is 13.5. The lowest BCUT2D eigenvalue weighted by molar-refractivity contribution is -0.118. The standard InChI is InChI=1S/C14H19ClN2O3S/c1-17(12-4-5-12)9-8-16-14(18)10-21(19,20)13-6-2-11(15)3-7-13/h2-3,6-7,12H,4-5,8-10H2,1H3,(H,16,18). The van der Waals surface area contributed by atoms with Gasteiger partial charge in [-0.1, -0.05) is 11.6 Å². The molecule has 0 saturated heterocycles. The van der Waals surface area contributed by atoms with Crippen LogP contribution in [-0.2, 0) is 14.6 Å². The lowest BCUT2D eigenvalue weighted by Crippen LogP contribution is -2.36. The Hall–Kier alpha value is -1.11. The number of halogens is 1. The normalized spacial score (nSPS) is 15.2. The van der Waals surface area contributed by atoms with Crippen LogP contribution in [0.5, 0.6) is 0 Å². The van der Waals surface area contributed by atoms with Crippen LogP contribution < -0.4 is 5.32 Å². The largest absolute Gasteiger partial charge is 0.354 e. The SMILES string of the molecule is CN(CCNC(=O)CS(=O)(=O)c1ccc(Cl)cc1)C1CC1. The maximum Gasteiger partial charge on any atom is 0.235 e. The van der Waals surface area contributed by atoms with Crippen molar-refractivity contribution in [1.29, 1.82) is 0 Å². The predicted octanol–water partition coefficient (Wildman–Crippen LogP) is 1.32. The average Bonchev–Trinajstić information content (AvgIpc) is 3.22. The van der Waals surface area contributed by atoms with Crippen LogP contribution in [0.15, 0.2) is 29.2 Å². The van der Waals surface area contributed by atoms with Gasteiger partial charge in [-0.05, 0) is 44.2 Å². The van der Waals surface area contributed by atoms with Gasteiger partial charge >= 0.3 is 0 Å². The fourth-order valence-electron chi connectivity index (χ4n) is 2.02. The maximum atomic E-state index is 12.1. The topological polar surface area (TPSA) is 66.5 Å². The van der Waals surface area contributed by atoms with E-state index in [0.717, 1.165) is 6.54 Å². The summed E-state index contributed by atoms with van der Waals surface area (Å²) < 4.78 is 24.1. The molecule has 0 aromatic heterocycles. The van der Waals surface area contributed by atoms with Crippen molar-refractivity contribution >= 4 is 27.3 Å². The van der Waals surface area contributed by atoms with Gasteiger partial charge in [-0.3, -0.25) is 4.79 Å². The minimum Gasteiger partial charge on any atom is -0.354 e. The van der Waals surface area contributed by atoms with Crippen molar-refractivity contribution in [3.8, 4) is 0 Å². The molecule has 0 atom stereocenters. The number of carbonyl (C=O) groups is 1. The van der Waals surface area contributed by atoms with E-state index in [1.807, 2.05) is 7.05 Å². The van der Waals surface area contributed by atoms with Crippen molar-refractivity contribution in [1.82, 2.24) is 10.2 Å². The number of sulfone groups is 1. The molecule has 1 aliphatic carbocycles. The second kappa shape index (κ2) is 6.77. The first kappa shape index (κ1) is 16.3. The smallest absolute Gasteiger partial charge is 0.235 e. The molecule has 0 radical (unpaired) electrons. The van der Waals surface area contributed by atoms with Crippen LogP contribution in [0.4, 0.5) is 0 Å². The minimum atomic E-state index is -3.62. The molecule has 1 amide bonds. The third-order valence-electron chi connectivity index (χ3n) is 3.45. The molecule has 2 rings (SSSR count). The highest BCUT2D eigenvalue weighted by molar-refractivity contribution is 7.92. The Morgan fingerprint density at radius 3 is 2.52 bits per heavy atom. The van der Waals surface area contributed by atoms with Gasteiger partial charge < -0.3 is 10.2 Å². The summed E-state index contributed by atoms with van der Waals surface area (Å²) in [7, 11) is -1.61. The van der Waals surface area contributed by atoms with E-state index >= 15 is 0 Å². The first-order chi connectivity index (χ1) is 9.88. The molecule has 0 bridgehead atoms. The van der Waals surface area contributed by atoms with Gasteiger partial charge in [-0.15, -0.1) is 0 Å². The van der Waals surface area contributed by atoms with Crippen molar-refractivity contribution in [2.75, 3.05) is 25.9 Å². The molecule has 1 fully saturated rings. The number of likely N-dealkylation sites (N-methyl/N-ethyl adjacent to an activating group) is 1. The third-order valence-corrected chi connectivity index (χ3v) is 5.34. The van der Waals surface area contributed by atoms with Crippen molar-refractivity contribution in [3.05, 3.63) is 29.3 Å². The second-order valence-electron chi connectivity index (χ2n) is 5.27. The molecule has 0 unspecified atom stereocenters. The quantitative estimate of drug-likeness (QED) is 0.819. The molecule has 7 heteroatoms. The fraction of sp³-hybridized carbons (Fsp3) is 0.500. The summed E-state index contributed by atoms with van der Waals surface area (Å²) >= 11 is 5.72. The van der Waals surface area contributed by atoms with Crippen LogP contribution in [-0.4, -0.2) is 51.2 Å². The van der Waals surface area contributed by atoms with Crippen LogP contribution >= 0.6 is 11.6 Å². The van der Waals surface area contributed by atoms with Gasteiger partial charge in [0.1, 0.15) is 5.75 Å². The number of nitrogens with one attached hydrogen (secondary N) is 1. The Morgan fingerprint density at radius 2 is 1.95 bits per heavy atom. The molecule has 1 aromatic carbocycles. The number of carbonyl (C=O) groups excluding carboxylic acids is 1. The van der Waals surface area contributed by atoms with E-state index in [9.17, 15) is 13.2 Å². The molecule has 116 valence electrons. The van der Waals surface area contributed by atoms with Gasteiger partial charge in [-0.25, -0.2) is 8.42 Å². The van der Waals surface area contributed by atoms with E-state index in [1.165, 1.54) is 37.1 Å². The van der Waals surface area contributed by atoms with Gasteiger partial charge in [0, 0.05) is 24.2 Å². The number of rotatable bonds is 7. The number of benzene rings is 1. The Labute approximate surface area is 130 Å². The Bertz CT molecular complexity index is 597. The van der Waals surface area contributed by atoms with E-state index in [1.54, 1.807) is 0 Å². The monoisotopic (exact) mass is 330 g/mol. The molecule has 1 aliphatic rings. The number of hydrogen-bond acceptors (Lipinski definition) is 4. The maximum absolute atomic E-state index is 12.1. The summed E-state index contributed by atoms with van der Waals surface area (Å²) in [5, 5.41) is 3.11. The van der Waals surface area contributed by atoms with Crippen molar-refractivity contribution < 1.29 is 13.2 Å². The van der Waals surface area contributed by atoms with Crippen LogP contribution in [0, 0.1) is 0 Å². The van der Waals surface area contributed by atoms with Crippen LogP contribution in [0.25, 0.3) is 0 Å². The van der Waals surface area contributed by atoms with Gasteiger partial charge in [0.25, 0.3) is 0 Å². The molecule has 0 spiro atoms. The van der Waals surface area contributed by atoms with Crippen molar-refractivity contribution in [2.45, 2.75) is 23.8 Å². The summed E-state index contributed by atoms with van der Waals surface area (Å²) in [5.41, 5.74) is 0. The predicted molar refractivity (Wildman–Crippen MR) is 82.2 cm³/mol. The summed E-state index contributed by atoms with van der Waals surface area (Å²) in [4.78, 5) is 14.0. The van der Waals surface area contributed by atoms with Gasteiger partial charge in [-0.2, -0.15) is 0 Å². The summed E-state index contributed by atoms with van der Waals surface area (Å²) in [6.07, 6.45) is 2.41. The molecule has 1 N–H and O–H groups in total. The first-order valence-electron chi connectivity index (χ1n) is 6.84. The number of amides is 1. The molecule has 1 saturated carbocycles. The van der Waals surface area contributed by atoms with E-state index in [-0.39, 0.29) is 4.90 Å². The van der Waals surface area contributed by atoms with Crippen LogP contribution in [0.2, 0.25) is 5.02 Å². The third kappa shape index (κ3) is 4.98. The Morgan fingerprint density at radius 1 is 1.33 bits per heavy atom. The molecule has 0 aliphatic heterocycles. The zero-order valence-electron chi connectivity index (χ0n) is 11.9. The molecular formula is C14H19ClN2O3S. The van der Waals surface area contributed by atoms with E-state index in [0.29, 0.717) is 17.6 Å². The lowest BCUT2D eigenvalue weighted by atomic mass is 10.4. The molecule has 1 aromatic rings. The lowest BCUT2D eigenvalue weighted by Gasteiger charge is -2.15. The number of nitrogens with zero attached hydrogens (tertiary/aromatic N) is 1. The first-order valence-corrected chi connectivity index (χ1v) is 8.87. The van der Waals surface area contributed by atoms with E-state index < -0.39 is 21.5 Å². The fourth-order valence-corrected chi connectivity index (χ4v) is 3.31. The van der Waals surface area contributed by atoms with Crippen LogP contribution in [0.3, 0.4) is 0 Å². The highest BCUT2D eigenvalue weighted by Crippen LogP contribution is 2.24. The van der Waals surface area contributed by atoms with Gasteiger partial charge in [0.2, 0.25) is 5.91 Å². The Kier molecular flexibility index (Phi) is 5.24. The average molecular weight is 331 g/mol. The summed E-state index contributed by atoms with van der Waals surface area (Å²) in [6, 6.07) is 6.44. The zero-order chi connectivity index (χ0) is 15.5. The summed E-state index contributed by atoms with van der Waals surface area (Å²) in [5.74, 6) is -1.02. The Balaban J connectivity index is 1.81. The molecule has 21 heavy (non-hydrogen) atoms. The van der Waals surface area contributed by atoms with E-state index in [2.05, 4.69) is 10.2 Å². The number of hydrogen-bond donors (Lipinski definition) is 1.